The average Bonchev–Trinajstić information content (AvgIpc) is 3.02. The van der Waals surface area contributed by atoms with Crippen molar-refractivity contribution in [1.82, 2.24) is 10.3 Å². The van der Waals surface area contributed by atoms with E-state index < -0.39 is 0 Å². The molecule has 0 unspecified atom stereocenters. The van der Waals surface area contributed by atoms with Crippen molar-refractivity contribution in [3.8, 4) is 11.8 Å². The lowest BCUT2D eigenvalue weighted by atomic mass is 10.2. The van der Waals surface area contributed by atoms with E-state index >= 15 is 0 Å². The van der Waals surface area contributed by atoms with Gasteiger partial charge in [0.05, 0.1) is 18.1 Å². The number of hydrogen-bond acceptors (Lipinski definition) is 3. The van der Waals surface area contributed by atoms with Gasteiger partial charge >= 0.3 is 0 Å². The minimum atomic E-state index is -0.196. The third-order valence-corrected chi connectivity index (χ3v) is 3.51. The van der Waals surface area contributed by atoms with E-state index in [4.69, 9.17) is 17.3 Å². The number of nitrogens with two attached hydrogens (primary N) is 1. The second-order valence-electron chi connectivity index (χ2n) is 3.68. The summed E-state index contributed by atoms with van der Waals surface area (Å²) in [5, 5.41) is 5.26. The van der Waals surface area contributed by atoms with Crippen molar-refractivity contribution in [2.24, 2.45) is 5.73 Å². The highest BCUT2D eigenvalue weighted by atomic mass is 35.5. The van der Waals surface area contributed by atoms with Crippen molar-refractivity contribution >= 4 is 28.8 Å². The van der Waals surface area contributed by atoms with Gasteiger partial charge in [0.25, 0.3) is 5.91 Å². The highest BCUT2D eigenvalue weighted by Crippen LogP contribution is 2.16. The maximum atomic E-state index is 11.8. The van der Waals surface area contributed by atoms with Crippen molar-refractivity contribution in [3.63, 3.8) is 0 Å². The second kappa shape index (κ2) is 6.43. The number of hydrogen-bond donors (Lipinski definition) is 3. The fraction of sp³-hybridized carbons (Fsp3) is 0.154. The van der Waals surface area contributed by atoms with Crippen molar-refractivity contribution < 1.29 is 4.79 Å². The number of nitrogens with one attached hydrogen (secondary N) is 2. The molecule has 2 aromatic heterocycles. The number of amides is 1. The molecule has 6 heteroatoms. The van der Waals surface area contributed by atoms with E-state index in [1.54, 1.807) is 23.6 Å². The molecule has 0 radical (unpaired) electrons. The second-order valence-corrected chi connectivity index (χ2v) is 5.11. The first-order valence-corrected chi connectivity index (χ1v) is 6.84. The van der Waals surface area contributed by atoms with Crippen LogP contribution in [0.4, 0.5) is 0 Å². The predicted molar refractivity (Wildman–Crippen MR) is 77.2 cm³/mol. The van der Waals surface area contributed by atoms with Crippen LogP contribution in [0.2, 0.25) is 5.02 Å². The standard InChI is InChI=1S/C13H12ClN3OS/c14-10-6-11(16-7-10)13(18)17-8-12-9(2-1-4-15)3-5-19-12/h3,5-7,16H,4,8,15H2,(H,17,18). The van der Waals surface area contributed by atoms with E-state index in [1.165, 1.54) is 0 Å². The molecule has 98 valence electrons. The number of thiophene rings is 1. The summed E-state index contributed by atoms with van der Waals surface area (Å²) in [7, 11) is 0. The Kier molecular flexibility index (Phi) is 4.63. The Morgan fingerprint density at radius 3 is 3.11 bits per heavy atom. The Bertz CT molecular complexity index is 636. The van der Waals surface area contributed by atoms with Gasteiger partial charge in [-0.05, 0) is 17.5 Å². The van der Waals surface area contributed by atoms with Crippen molar-refractivity contribution in [2.75, 3.05) is 6.54 Å². The van der Waals surface area contributed by atoms with Crippen LogP contribution in [0.1, 0.15) is 20.9 Å². The van der Waals surface area contributed by atoms with Crippen LogP contribution in [0, 0.1) is 11.8 Å². The molecule has 0 atom stereocenters. The zero-order chi connectivity index (χ0) is 13.7. The number of carbonyl (C=O) groups is 1. The maximum absolute atomic E-state index is 11.8. The lowest BCUT2D eigenvalue weighted by Gasteiger charge is -2.02. The molecule has 0 spiro atoms. The summed E-state index contributed by atoms with van der Waals surface area (Å²) >= 11 is 7.30. The molecule has 0 saturated heterocycles. The van der Waals surface area contributed by atoms with E-state index in [9.17, 15) is 4.79 Å². The highest BCUT2D eigenvalue weighted by Gasteiger charge is 2.09. The molecule has 0 fully saturated rings. The van der Waals surface area contributed by atoms with E-state index in [0.29, 0.717) is 23.8 Å². The summed E-state index contributed by atoms with van der Waals surface area (Å²) in [5.41, 5.74) is 6.68. The third kappa shape index (κ3) is 3.61. The Labute approximate surface area is 120 Å². The van der Waals surface area contributed by atoms with Crippen LogP contribution < -0.4 is 11.1 Å². The van der Waals surface area contributed by atoms with Gasteiger partial charge in [-0.1, -0.05) is 23.4 Å². The van der Waals surface area contributed by atoms with Crippen LogP contribution in [-0.4, -0.2) is 17.4 Å². The SMILES string of the molecule is NCC#Cc1ccsc1CNC(=O)c1cc(Cl)c[nH]1. The van der Waals surface area contributed by atoms with E-state index in [-0.39, 0.29) is 5.91 Å². The largest absolute Gasteiger partial charge is 0.356 e. The van der Waals surface area contributed by atoms with E-state index in [2.05, 4.69) is 22.1 Å². The van der Waals surface area contributed by atoms with Gasteiger partial charge in [0.2, 0.25) is 0 Å². The average molecular weight is 294 g/mol. The molecule has 4 N–H and O–H groups in total. The van der Waals surface area contributed by atoms with E-state index in [0.717, 1.165) is 10.4 Å². The van der Waals surface area contributed by atoms with Crippen molar-refractivity contribution in [3.05, 3.63) is 44.9 Å². The minimum absolute atomic E-state index is 0.196. The first kappa shape index (κ1) is 13.7. The monoisotopic (exact) mass is 293 g/mol. The van der Waals surface area contributed by atoms with Gasteiger partial charge < -0.3 is 16.0 Å². The smallest absolute Gasteiger partial charge is 0.268 e. The summed E-state index contributed by atoms with van der Waals surface area (Å²) in [6.45, 7) is 0.754. The molecule has 0 saturated carbocycles. The number of rotatable bonds is 3. The number of aromatic amines is 1. The molecule has 2 rings (SSSR count). The predicted octanol–water partition coefficient (Wildman–Crippen LogP) is 1.97. The molecular formula is C13H12ClN3OS. The van der Waals surface area contributed by atoms with Crippen LogP contribution >= 0.6 is 22.9 Å². The first-order chi connectivity index (χ1) is 9.20. The van der Waals surface area contributed by atoms with Gasteiger partial charge in [0.1, 0.15) is 5.69 Å². The van der Waals surface area contributed by atoms with Crippen LogP contribution in [0.5, 0.6) is 0 Å². The van der Waals surface area contributed by atoms with Crippen LogP contribution in [0.25, 0.3) is 0 Å². The number of carbonyl (C=O) groups excluding carboxylic acids is 1. The van der Waals surface area contributed by atoms with E-state index in [1.807, 2.05) is 11.4 Å². The maximum Gasteiger partial charge on any atom is 0.268 e. The van der Waals surface area contributed by atoms with Gasteiger partial charge in [-0.25, -0.2) is 0 Å². The highest BCUT2D eigenvalue weighted by molar-refractivity contribution is 7.10. The molecule has 0 aliphatic rings. The Morgan fingerprint density at radius 1 is 1.58 bits per heavy atom. The van der Waals surface area contributed by atoms with Crippen LogP contribution in [-0.2, 0) is 6.54 Å². The van der Waals surface area contributed by atoms with Gasteiger partial charge in [-0.15, -0.1) is 11.3 Å². The number of halogens is 1. The fourth-order valence-electron chi connectivity index (χ4n) is 1.49. The number of H-pyrrole nitrogens is 1. The molecular weight excluding hydrogens is 282 g/mol. The summed E-state index contributed by atoms with van der Waals surface area (Å²) < 4.78 is 0. The molecule has 4 nitrogen and oxygen atoms in total. The topological polar surface area (TPSA) is 70.9 Å². The normalized spacial score (nSPS) is 9.79. The Hall–Kier alpha value is -1.74. The molecule has 0 aromatic carbocycles. The zero-order valence-electron chi connectivity index (χ0n) is 10.00. The molecule has 0 aliphatic carbocycles. The fourth-order valence-corrected chi connectivity index (χ4v) is 2.42. The summed E-state index contributed by atoms with van der Waals surface area (Å²) in [5.74, 6) is 5.58. The Balaban J connectivity index is 1.99. The van der Waals surface area contributed by atoms with Crippen molar-refractivity contribution in [1.29, 1.82) is 0 Å². The van der Waals surface area contributed by atoms with Crippen molar-refractivity contribution in [2.45, 2.75) is 6.54 Å². The summed E-state index contributed by atoms with van der Waals surface area (Å²) in [4.78, 5) is 15.6. The molecule has 19 heavy (non-hydrogen) atoms. The minimum Gasteiger partial charge on any atom is -0.356 e. The molecule has 1 amide bonds. The van der Waals surface area contributed by atoms with Gasteiger partial charge in [0.15, 0.2) is 0 Å². The summed E-state index contributed by atoms with van der Waals surface area (Å²) in [6, 6.07) is 3.50. The first-order valence-electron chi connectivity index (χ1n) is 5.58. The molecule has 2 heterocycles. The molecule has 0 bridgehead atoms. The van der Waals surface area contributed by atoms with Crippen LogP contribution in [0.3, 0.4) is 0 Å². The van der Waals surface area contributed by atoms with Gasteiger partial charge in [-0.2, -0.15) is 0 Å². The number of aromatic nitrogens is 1. The summed E-state index contributed by atoms with van der Waals surface area (Å²) in [6.07, 6.45) is 1.57. The zero-order valence-corrected chi connectivity index (χ0v) is 11.6. The lowest BCUT2D eigenvalue weighted by Crippen LogP contribution is -2.22. The van der Waals surface area contributed by atoms with Gasteiger partial charge in [0, 0.05) is 16.6 Å². The lowest BCUT2D eigenvalue weighted by molar-refractivity contribution is 0.0947. The molecule has 0 aliphatic heterocycles. The van der Waals surface area contributed by atoms with Crippen LogP contribution in [0.15, 0.2) is 23.7 Å². The van der Waals surface area contributed by atoms with Gasteiger partial charge in [-0.3, -0.25) is 4.79 Å². The molecule has 2 aromatic rings. The third-order valence-electron chi connectivity index (χ3n) is 2.37. The Morgan fingerprint density at radius 2 is 2.42 bits per heavy atom. The quantitative estimate of drug-likeness (QED) is 0.757.